The Labute approximate surface area is 141 Å². The van der Waals surface area contributed by atoms with Crippen LogP contribution in [-0.2, 0) is 6.54 Å². The fourth-order valence-electron chi connectivity index (χ4n) is 2.63. The summed E-state index contributed by atoms with van der Waals surface area (Å²) in [5.74, 6) is 1.19. The first-order valence-electron chi connectivity index (χ1n) is 7.76. The predicted molar refractivity (Wildman–Crippen MR) is 95.1 cm³/mol. The number of hydrogen-bond donors (Lipinski definition) is 1. The minimum Gasteiger partial charge on any atom is -0.439 e. The summed E-state index contributed by atoms with van der Waals surface area (Å²) in [4.78, 5) is 0. The van der Waals surface area contributed by atoms with Gasteiger partial charge in [-0.05, 0) is 31.5 Å². The summed E-state index contributed by atoms with van der Waals surface area (Å²) in [6.07, 6.45) is 0. The number of rotatable bonds is 4. The molecule has 4 heteroatoms. The van der Waals surface area contributed by atoms with Crippen LogP contribution in [0, 0.1) is 25.2 Å². The van der Waals surface area contributed by atoms with E-state index >= 15 is 0 Å². The number of hydrogen-bond acceptors (Lipinski definition) is 3. The van der Waals surface area contributed by atoms with Crippen LogP contribution in [0.1, 0.15) is 22.4 Å². The standard InChI is InChI=1S/C20H19N3O/c1-14-6-8-18(9-7-14)24-20-19(22)11-17(12-21)23(20)13-16-5-3-4-15(2)10-16/h3-11H,13,22H2,1-2H3. The van der Waals surface area contributed by atoms with Crippen molar-refractivity contribution in [3.63, 3.8) is 0 Å². The molecule has 2 aromatic carbocycles. The average Bonchev–Trinajstić information content (AvgIpc) is 2.85. The Morgan fingerprint density at radius 3 is 2.46 bits per heavy atom. The number of nitrogen functional groups attached to an aromatic ring is 1. The highest BCUT2D eigenvalue weighted by atomic mass is 16.5. The summed E-state index contributed by atoms with van der Waals surface area (Å²) < 4.78 is 7.78. The van der Waals surface area contributed by atoms with Gasteiger partial charge in [-0.15, -0.1) is 0 Å². The average molecular weight is 317 g/mol. The van der Waals surface area contributed by atoms with Gasteiger partial charge in [0.25, 0.3) is 0 Å². The molecule has 0 aliphatic carbocycles. The molecule has 0 amide bonds. The topological polar surface area (TPSA) is 64.0 Å². The summed E-state index contributed by atoms with van der Waals surface area (Å²) in [5.41, 5.74) is 10.4. The summed E-state index contributed by atoms with van der Waals surface area (Å²) in [6, 6.07) is 19.7. The molecule has 4 nitrogen and oxygen atoms in total. The van der Waals surface area contributed by atoms with Gasteiger partial charge in [-0.2, -0.15) is 5.26 Å². The van der Waals surface area contributed by atoms with Crippen molar-refractivity contribution in [2.45, 2.75) is 20.4 Å². The molecule has 0 spiro atoms. The van der Waals surface area contributed by atoms with Crippen molar-refractivity contribution in [1.82, 2.24) is 4.57 Å². The number of nitrogens with two attached hydrogens (primary N) is 1. The zero-order valence-corrected chi connectivity index (χ0v) is 13.8. The molecule has 0 aliphatic rings. The molecule has 0 saturated carbocycles. The number of anilines is 1. The molecule has 0 fully saturated rings. The lowest BCUT2D eigenvalue weighted by atomic mass is 10.1. The molecule has 0 radical (unpaired) electrons. The van der Waals surface area contributed by atoms with E-state index in [0.717, 1.165) is 11.1 Å². The van der Waals surface area contributed by atoms with Gasteiger partial charge in [-0.3, -0.25) is 4.57 Å². The molecule has 0 unspecified atom stereocenters. The molecule has 1 aromatic heterocycles. The number of benzene rings is 2. The fourth-order valence-corrected chi connectivity index (χ4v) is 2.63. The van der Waals surface area contributed by atoms with Crippen LogP contribution in [0.5, 0.6) is 11.6 Å². The third kappa shape index (κ3) is 3.26. The lowest BCUT2D eigenvalue weighted by Crippen LogP contribution is -2.05. The third-order valence-electron chi connectivity index (χ3n) is 3.85. The van der Waals surface area contributed by atoms with Crippen molar-refractivity contribution in [2.75, 3.05) is 5.73 Å². The van der Waals surface area contributed by atoms with E-state index in [2.05, 4.69) is 12.1 Å². The maximum absolute atomic E-state index is 9.41. The van der Waals surface area contributed by atoms with Crippen LogP contribution in [0.15, 0.2) is 54.6 Å². The Hall–Kier alpha value is -3.19. The molecule has 0 aliphatic heterocycles. The van der Waals surface area contributed by atoms with E-state index in [1.807, 2.05) is 60.9 Å². The summed E-state index contributed by atoms with van der Waals surface area (Å²) in [5, 5.41) is 9.41. The smallest absolute Gasteiger partial charge is 0.224 e. The first-order chi connectivity index (χ1) is 11.6. The van der Waals surface area contributed by atoms with Crippen LogP contribution in [0.2, 0.25) is 0 Å². The Kier molecular flexibility index (Phi) is 4.26. The molecule has 120 valence electrons. The number of aryl methyl sites for hydroxylation is 2. The lowest BCUT2D eigenvalue weighted by Gasteiger charge is -2.13. The monoisotopic (exact) mass is 317 g/mol. The summed E-state index contributed by atoms with van der Waals surface area (Å²) >= 11 is 0. The number of nitrogens with zero attached hydrogens (tertiary/aromatic N) is 2. The van der Waals surface area contributed by atoms with Gasteiger partial charge in [-0.25, -0.2) is 0 Å². The van der Waals surface area contributed by atoms with Gasteiger partial charge >= 0.3 is 0 Å². The summed E-state index contributed by atoms with van der Waals surface area (Å²) in [6.45, 7) is 4.60. The largest absolute Gasteiger partial charge is 0.439 e. The second-order valence-electron chi connectivity index (χ2n) is 5.89. The fraction of sp³-hybridized carbons (Fsp3) is 0.150. The molecule has 0 bridgehead atoms. The minimum absolute atomic E-state index is 0.458. The Morgan fingerprint density at radius 2 is 1.79 bits per heavy atom. The van der Waals surface area contributed by atoms with Crippen molar-refractivity contribution in [1.29, 1.82) is 5.26 Å². The molecule has 2 N–H and O–H groups in total. The highest BCUT2D eigenvalue weighted by Crippen LogP contribution is 2.32. The first kappa shape index (κ1) is 15.7. The highest BCUT2D eigenvalue weighted by Gasteiger charge is 2.16. The zero-order valence-electron chi connectivity index (χ0n) is 13.8. The van der Waals surface area contributed by atoms with E-state index in [1.165, 1.54) is 5.56 Å². The van der Waals surface area contributed by atoms with Gasteiger partial charge in [0.05, 0.1) is 12.2 Å². The maximum Gasteiger partial charge on any atom is 0.224 e. The van der Waals surface area contributed by atoms with Crippen molar-refractivity contribution < 1.29 is 4.74 Å². The van der Waals surface area contributed by atoms with Gasteiger partial charge in [0, 0.05) is 6.07 Å². The van der Waals surface area contributed by atoms with Crippen LogP contribution >= 0.6 is 0 Å². The maximum atomic E-state index is 9.41. The quantitative estimate of drug-likeness (QED) is 0.775. The van der Waals surface area contributed by atoms with Crippen LogP contribution in [0.25, 0.3) is 0 Å². The molecular formula is C20H19N3O. The minimum atomic E-state index is 0.458. The predicted octanol–water partition coefficient (Wildman–Crippen LogP) is 4.40. The number of aromatic nitrogens is 1. The zero-order chi connectivity index (χ0) is 17.1. The van der Waals surface area contributed by atoms with Crippen LogP contribution in [0.3, 0.4) is 0 Å². The van der Waals surface area contributed by atoms with Crippen molar-refractivity contribution in [3.05, 3.63) is 77.0 Å². The van der Waals surface area contributed by atoms with Crippen LogP contribution in [-0.4, -0.2) is 4.57 Å². The van der Waals surface area contributed by atoms with Crippen LogP contribution < -0.4 is 10.5 Å². The molecule has 3 aromatic rings. The lowest BCUT2D eigenvalue weighted by molar-refractivity contribution is 0.437. The summed E-state index contributed by atoms with van der Waals surface area (Å²) in [7, 11) is 0. The second kappa shape index (κ2) is 6.51. The molecular weight excluding hydrogens is 298 g/mol. The first-order valence-corrected chi connectivity index (χ1v) is 7.76. The number of ether oxygens (including phenoxy) is 1. The molecule has 0 atom stereocenters. The highest BCUT2D eigenvalue weighted by molar-refractivity contribution is 5.56. The molecule has 0 saturated heterocycles. The number of nitriles is 1. The van der Waals surface area contributed by atoms with E-state index < -0.39 is 0 Å². The SMILES string of the molecule is Cc1ccc(Oc2c(N)cc(C#N)n2Cc2cccc(C)c2)cc1. The van der Waals surface area contributed by atoms with Crippen LogP contribution in [0.4, 0.5) is 5.69 Å². The van der Waals surface area contributed by atoms with E-state index in [0.29, 0.717) is 29.6 Å². The Balaban J connectivity index is 1.98. The van der Waals surface area contributed by atoms with Gasteiger partial charge in [0.2, 0.25) is 5.88 Å². The van der Waals surface area contributed by atoms with Gasteiger partial charge < -0.3 is 10.5 Å². The Morgan fingerprint density at radius 1 is 1.04 bits per heavy atom. The Bertz CT molecular complexity index is 902. The van der Waals surface area contributed by atoms with Gasteiger partial charge in [0.1, 0.15) is 17.5 Å². The second-order valence-corrected chi connectivity index (χ2v) is 5.89. The van der Waals surface area contributed by atoms with E-state index in [4.69, 9.17) is 10.5 Å². The van der Waals surface area contributed by atoms with Crippen molar-refractivity contribution in [2.24, 2.45) is 0 Å². The molecule has 24 heavy (non-hydrogen) atoms. The van der Waals surface area contributed by atoms with E-state index in [1.54, 1.807) is 6.07 Å². The van der Waals surface area contributed by atoms with Gasteiger partial charge in [-0.1, -0.05) is 47.5 Å². The van der Waals surface area contributed by atoms with Crippen molar-refractivity contribution >= 4 is 5.69 Å². The van der Waals surface area contributed by atoms with Gasteiger partial charge in [0.15, 0.2) is 0 Å². The molecule has 3 rings (SSSR count). The molecule has 1 heterocycles. The van der Waals surface area contributed by atoms with E-state index in [9.17, 15) is 5.26 Å². The normalized spacial score (nSPS) is 10.4. The van der Waals surface area contributed by atoms with Crippen molar-refractivity contribution in [3.8, 4) is 17.7 Å². The van der Waals surface area contributed by atoms with E-state index in [-0.39, 0.29) is 0 Å². The third-order valence-corrected chi connectivity index (χ3v) is 3.85.